The maximum absolute atomic E-state index is 12.8. The van der Waals surface area contributed by atoms with Crippen LogP contribution >= 0.6 is 0 Å². The van der Waals surface area contributed by atoms with E-state index in [1.165, 1.54) is 29.2 Å². The summed E-state index contributed by atoms with van der Waals surface area (Å²) in [5, 5.41) is 0. The van der Waals surface area contributed by atoms with E-state index >= 15 is 0 Å². The van der Waals surface area contributed by atoms with Crippen molar-refractivity contribution in [1.82, 2.24) is 9.80 Å². The van der Waals surface area contributed by atoms with Gasteiger partial charge in [-0.05, 0) is 38.0 Å². The maximum atomic E-state index is 12.8. The zero-order valence-electron chi connectivity index (χ0n) is 18.1. The Morgan fingerprint density at radius 3 is 2.56 bits per heavy atom. The summed E-state index contributed by atoms with van der Waals surface area (Å²) in [6.45, 7) is 6.74. The van der Waals surface area contributed by atoms with Crippen LogP contribution in [0.1, 0.15) is 57.8 Å². The van der Waals surface area contributed by atoms with E-state index in [9.17, 15) is 27.6 Å². The first-order valence-electron chi connectivity index (χ1n) is 10.4. The molecule has 2 unspecified atom stereocenters. The molecule has 3 amide bonds. The number of nitrogens with zero attached hydrogens (tertiary/aromatic N) is 2. The van der Waals surface area contributed by atoms with Crippen LogP contribution in [0.4, 0.5) is 0 Å². The van der Waals surface area contributed by atoms with Crippen LogP contribution in [-0.2, 0) is 19.4 Å². The monoisotopic (exact) mass is 462 g/mol. The Kier molecular flexibility index (Phi) is 6.82. The van der Waals surface area contributed by atoms with Gasteiger partial charge in [-0.1, -0.05) is 13.0 Å². The minimum Gasteiger partial charge on any atom is -0.452 e. The summed E-state index contributed by atoms with van der Waals surface area (Å²) in [5.74, 6) is -2.34. The Bertz CT molecular complexity index is 1080. The molecule has 0 bridgehead atoms. The number of benzene rings is 1. The van der Waals surface area contributed by atoms with E-state index in [4.69, 9.17) is 4.74 Å². The van der Waals surface area contributed by atoms with Crippen molar-refractivity contribution in [1.29, 1.82) is 0 Å². The molecule has 172 valence electrons. The zero-order valence-corrected chi connectivity index (χ0v) is 18.9. The minimum absolute atomic E-state index is 0.0302. The Morgan fingerprint density at radius 2 is 1.97 bits per heavy atom. The number of sulfone groups is 1. The Balaban J connectivity index is 1.70. The largest absolute Gasteiger partial charge is 0.452 e. The first-order chi connectivity index (χ1) is 15.1. The highest BCUT2D eigenvalue weighted by molar-refractivity contribution is 7.91. The van der Waals surface area contributed by atoms with Gasteiger partial charge in [0.2, 0.25) is 0 Å². The highest BCUT2D eigenvalue weighted by Gasteiger charge is 2.37. The number of imide groups is 1. The third-order valence-electron chi connectivity index (χ3n) is 5.80. The van der Waals surface area contributed by atoms with Crippen LogP contribution in [0.25, 0.3) is 0 Å². The molecular weight excluding hydrogens is 436 g/mol. The molecule has 2 heterocycles. The molecule has 10 heteroatoms. The summed E-state index contributed by atoms with van der Waals surface area (Å²) in [6.07, 6.45) is 2.41. The molecule has 0 saturated carbocycles. The smallest absolute Gasteiger partial charge is 0.338 e. The summed E-state index contributed by atoms with van der Waals surface area (Å²) < 4.78 is 28.9. The van der Waals surface area contributed by atoms with E-state index in [-0.39, 0.29) is 40.8 Å². The van der Waals surface area contributed by atoms with Crippen LogP contribution in [0.2, 0.25) is 0 Å². The van der Waals surface area contributed by atoms with Gasteiger partial charge in [0.15, 0.2) is 16.4 Å². The molecule has 1 aromatic carbocycles. The first-order valence-corrected chi connectivity index (χ1v) is 12.2. The highest BCUT2D eigenvalue weighted by Crippen LogP contribution is 2.25. The molecule has 1 fully saturated rings. The van der Waals surface area contributed by atoms with Gasteiger partial charge in [-0.2, -0.15) is 0 Å². The SMILES string of the molecule is C=CCN1C(=O)c2ccc(C(=O)OCC(=O)N(C(C)CC)C3CCS(=O)(=O)C3)cc2C1=O. The molecule has 2 aliphatic heterocycles. The number of amides is 3. The standard InChI is InChI=1S/C22H26N2O7S/c1-4-9-23-20(26)17-7-6-15(11-18(17)21(23)27)22(28)31-12-19(25)24(14(3)5-2)16-8-10-32(29,30)13-16/h4,6-7,11,14,16H,1,5,8-10,12-13H2,2-3H3. The van der Waals surface area contributed by atoms with Gasteiger partial charge in [-0.3, -0.25) is 19.3 Å². The van der Waals surface area contributed by atoms with Gasteiger partial charge < -0.3 is 9.64 Å². The molecule has 2 aliphatic rings. The van der Waals surface area contributed by atoms with Crippen molar-refractivity contribution in [2.75, 3.05) is 24.7 Å². The van der Waals surface area contributed by atoms with Crippen molar-refractivity contribution in [3.05, 3.63) is 47.5 Å². The second-order valence-electron chi connectivity index (χ2n) is 7.96. The highest BCUT2D eigenvalue weighted by atomic mass is 32.2. The molecule has 0 aliphatic carbocycles. The van der Waals surface area contributed by atoms with Gasteiger partial charge >= 0.3 is 5.97 Å². The summed E-state index contributed by atoms with van der Waals surface area (Å²) in [6, 6.07) is 3.37. The zero-order chi connectivity index (χ0) is 23.6. The predicted molar refractivity (Wildman–Crippen MR) is 116 cm³/mol. The fourth-order valence-electron chi connectivity index (χ4n) is 4.00. The summed E-state index contributed by atoms with van der Waals surface area (Å²) in [4.78, 5) is 52.6. The molecule has 3 rings (SSSR count). The van der Waals surface area contributed by atoms with Crippen LogP contribution in [-0.4, -0.2) is 78.6 Å². The van der Waals surface area contributed by atoms with Gasteiger partial charge in [0.05, 0.1) is 28.2 Å². The summed E-state index contributed by atoms with van der Waals surface area (Å²) >= 11 is 0. The van der Waals surface area contributed by atoms with Gasteiger partial charge in [0.1, 0.15) is 0 Å². The Morgan fingerprint density at radius 1 is 1.28 bits per heavy atom. The van der Waals surface area contributed by atoms with Crippen LogP contribution in [0.5, 0.6) is 0 Å². The third kappa shape index (κ3) is 4.59. The van der Waals surface area contributed by atoms with E-state index in [2.05, 4.69) is 6.58 Å². The lowest BCUT2D eigenvalue weighted by Crippen LogP contribution is -2.48. The number of carbonyl (C=O) groups is 4. The topological polar surface area (TPSA) is 118 Å². The normalized spacial score (nSPS) is 20.1. The van der Waals surface area contributed by atoms with Crippen LogP contribution in [0.15, 0.2) is 30.9 Å². The van der Waals surface area contributed by atoms with E-state index in [1.54, 1.807) is 0 Å². The summed E-state index contributed by atoms with van der Waals surface area (Å²) in [5.41, 5.74) is 0.321. The van der Waals surface area contributed by atoms with Crippen molar-refractivity contribution in [2.24, 2.45) is 0 Å². The fourth-order valence-corrected chi connectivity index (χ4v) is 5.71. The Labute approximate surface area is 186 Å². The van der Waals surface area contributed by atoms with E-state index in [0.29, 0.717) is 12.8 Å². The number of esters is 1. The molecule has 9 nitrogen and oxygen atoms in total. The van der Waals surface area contributed by atoms with Crippen molar-refractivity contribution in [3.8, 4) is 0 Å². The number of carbonyl (C=O) groups excluding carboxylic acids is 4. The lowest BCUT2D eigenvalue weighted by atomic mass is 10.1. The van der Waals surface area contributed by atoms with E-state index < -0.39 is 46.2 Å². The average molecular weight is 463 g/mol. The van der Waals surface area contributed by atoms with Crippen LogP contribution in [0.3, 0.4) is 0 Å². The molecule has 0 N–H and O–H groups in total. The maximum Gasteiger partial charge on any atom is 0.338 e. The number of fused-ring (bicyclic) bond motifs is 1. The average Bonchev–Trinajstić information content (AvgIpc) is 3.23. The van der Waals surface area contributed by atoms with Crippen LogP contribution in [0, 0.1) is 0 Å². The van der Waals surface area contributed by atoms with Gasteiger partial charge in [-0.15, -0.1) is 6.58 Å². The lowest BCUT2D eigenvalue weighted by molar-refractivity contribution is -0.138. The number of hydrogen-bond donors (Lipinski definition) is 0. The van der Waals surface area contributed by atoms with Crippen molar-refractivity contribution in [3.63, 3.8) is 0 Å². The molecule has 0 spiro atoms. The van der Waals surface area contributed by atoms with E-state index in [0.717, 1.165) is 4.90 Å². The number of hydrogen-bond acceptors (Lipinski definition) is 7. The molecular formula is C22H26N2O7S. The second-order valence-corrected chi connectivity index (χ2v) is 10.2. The van der Waals surface area contributed by atoms with Gasteiger partial charge in [-0.25, -0.2) is 13.2 Å². The second kappa shape index (κ2) is 9.23. The molecule has 2 atom stereocenters. The molecule has 0 radical (unpaired) electrons. The quantitative estimate of drug-likeness (QED) is 0.326. The van der Waals surface area contributed by atoms with Crippen molar-refractivity contribution >= 4 is 33.5 Å². The lowest BCUT2D eigenvalue weighted by Gasteiger charge is -2.33. The van der Waals surface area contributed by atoms with Crippen LogP contribution < -0.4 is 0 Å². The molecule has 1 saturated heterocycles. The molecule has 32 heavy (non-hydrogen) atoms. The first kappa shape index (κ1) is 23.6. The van der Waals surface area contributed by atoms with E-state index in [1.807, 2.05) is 13.8 Å². The number of ether oxygens (including phenoxy) is 1. The fraction of sp³-hybridized carbons (Fsp3) is 0.455. The van der Waals surface area contributed by atoms with Crippen molar-refractivity contribution in [2.45, 2.75) is 38.8 Å². The minimum atomic E-state index is -3.19. The van der Waals surface area contributed by atoms with Crippen molar-refractivity contribution < 1.29 is 32.3 Å². The molecule has 0 aromatic heterocycles. The molecule has 1 aromatic rings. The third-order valence-corrected chi connectivity index (χ3v) is 7.55. The summed E-state index contributed by atoms with van der Waals surface area (Å²) in [7, 11) is -3.19. The number of rotatable bonds is 8. The van der Waals surface area contributed by atoms with Gasteiger partial charge in [0.25, 0.3) is 17.7 Å². The Hall–Kier alpha value is -3.01. The predicted octanol–water partition coefficient (Wildman–Crippen LogP) is 1.44. The van der Waals surface area contributed by atoms with Gasteiger partial charge in [0, 0.05) is 18.6 Å².